The number of anilines is 2. The average molecular weight is 392 g/mol. The van der Waals surface area contributed by atoms with Gasteiger partial charge < -0.3 is 25.4 Å². The number of carbonyl (C=O) groups is 2. The second-order valence-corrected chi connectivity index (χ2v) is 5.86. The van der Waals surface area contributed by atoms with Crippen molar-refractivity contribution in [2.24, 2.45) is 0 Å². The highest BCUT2D eigenvalue weighted by molar-refractivity contribution is 6.05. The molecular formula is C19H22ClN3O4. The number of nitrogens with two attached hydrogens (primary N) is 1. The Morgan fingerprint density at radius 1 is 1.11 bits per heavy atom. The van der Waals surface area contributed by atoms with Crippen molar-refractivity contribution >= 4 is 35.6 Å². The summed E-state index contributed by atoms with van der Waals surface area (Å²) in [7, 11) is 0. The highest BCUT2D eigenvalue weighted by atomic mass is 35.5. The lowest BCUT2D eigenvalue weighted by Gasteiger charge is -2.26. The SMILES string of the molecule is Cl.Nc1cccc(C(=O)Nc2ccccc2OCC(=O)N2CCOCC2)c1. The Morgan fingerprint density at radius 3 is 2.59 bits per heavy atom. The lowest BCUT2D eigenvalue weighted by Crippen LogP contribution is -2.43. The predicted octanol–water partition coefficient (Wildman–Crippen LogP) is 2.18. The summed E-state index contributed by atoms with van der Waals surface area (Å²) in [5.74, 6) is 0.0319. The number of ether oxygens (including phenoxy) is 2. The second-order valence-electron chi connectivity index (χ2n) is 5.86. The summed E-state index contributed by atoms with van der Waals surface area (Å²) in [5.41, 5.74) is 7.17. The summed E-state index contributed by atoms with van der Waals surface area (Å²) in [4.78, 5) is 26.3. The predicted molar refractivity (Wildman–Crippen MR) is 105 cm³/mol. The van der Waals surface area contributed by atoms with Gasteiger partial charge in [-0.05, 0) is 30.3 Å². The van der Waals surface area contributed by atoms with E-state index in [0.717, 1.165) is 0 Å². The molecule has 7 nitrogen and oxygen atoms in total. The molecule has 0 spiro atoms. The zero-order chi connectivity index (χ0) is 18.4. The summed E-state index contributed by atoms with van der Waals surface area (Å²) in [6.45, 7) is 2.12. The molecule has 8 heteroatoms. The third kappa shape index (κ3) is 5.60. The van der Waals surface area contributed by atoms with Crippen molar-refractivity contribution in [2.75, 3.05) is 44.0 Å². The van der Waals surface area contributed by atoms with E-state index < -0.39 is 0 Å². The maximum atomic E-state index is 12.4. The number of morpholine rings is 1. The number of rotatable bonds is 5. The van der Waals surface area contributed by atoms with Gasteiger partial charge in [-0.3, -0.25) is 9.59 Å². The van der Waals surface area contributed by atoms with E-state index in [-0.39, 0.29) is 30.8 Å². The Morgan fingerprint density at radius 2 is 1.85 bits per heavy atom. The van der Waals surface area contributed by atoms with Crippen LogP contribution in [0.5, 0.6) is 5.75 Å². The molecule has 0 radical (unpaired) electrons. The third-order valence-corrected chi connectivity index (χ3v) is 4.00. The Hall–Kier alpha value is -2.77. The van der Waals surface area contributed by atoms with Gasteiger partial charge in [-0.2, -0.15) is 0 Å². The number of halogens is 1. The fraction of sp³-hybridized carbons (Fsp3) is 0.263. The maximum Gasteiger partial charge on any atom is 0.260 e. The molecular weight excluding hydrogens is 370 g/mol. The summed E-state index contributed by atoms with van der Waals surface area (Å²) in [5, 5.41) is 2.79. The first kappa shape index (κ1) is 20.5. The van der Waals surface area contributed by atoms with Crippen molar-refractivity contribution in [1.29, 1.82) is 0 Å². The Balaban J connectivity index is 0.00000261. The quantitative estimate of drug-likeness (QED) is 0.762. The molecule has 1 heterocycles. The molecule has 1 aliphatic rings. The molecule has 0 unspecified atom stereocenters. The van der Waals surface area contributed by atoms with E-state index >= 15 is 0 Å². The van der Waals surface area contributed by atoms with Crippen LogP contribution in [0.1, 0.15) is 10.4 Å². The molecule has 1 fully saturated rings. The molecule has 2 amide bonds. The van der Waals surface area contributed by atoms with Gasteiger partial charge in [0.05, 0.1) is 18.9 Å². The summed E-state index contributed by atoms with van der Waals surface area (Å²) in [6, 6.07) is 13.7. The molecule has 0 atom stereocenters. The van der Waals surface area contributed by atoms with E-state index in [2.05, 4.69) is 5.32 Å². The molecule has 3 rings (SSSR count). The molecule has 0 saturated carbocycles. The van der Waals surface area contributed by atoms with Crippen molar-refractivity contribution < 1.29 is 19.1 Å². The normalized spacial score (nSPS) is 13.4. The third-order valence-electron chi connectivity index (χ3n) is 4.00. The molecule has 0 aliphatic carbocycles. The van der Waals surface area contributed by atoms with Gasteiger partial charge in [0.15, 0.2) is 6.61 Å². The first-order chi connectivity index (χ1) is 12.6. The van der Waals surface area contributed by atoms with Crippen LogP contribution in [0.4, 0.5) is 11.4 Å². The van der Waals surface area contributed by atoms with Crippen LogP contribution >= 0.6 is 12.4 Å². The van der Waals surface area contributed by atoms with Crippen molar-refractivity contribution in [3.05, 3.63) is 54.1 Å². The van der Waals surface area contributed by atoms with E-state index in [9.17, 15) is 9.59 Å². The number of carbonyl (C=O) groups excluding carboxylic acids is 2. The van der Waals surface area contributed by atoms with Crippen molar-refractivity contribution in [3.63, 3.8) is 0 Å². The number of benzene rings is 2. The summed E-state index contributed by atoms with van der Waals surface area (Å²) in [6.07, 6.45) is 0. The number of para-hydroxylation sites is 2. The van der Waals surface area contributed by atoms with Crippen LogP contribution in [0.25, 0.3) is 0 Å². The van der Waals surface area contributed by atoms with Crippen molar-refractivity contribution in [1.82, 2.24) is 4.90 Å². The lowest BCUT2D eigenvalue weighted by atomic mass is 10.2. The molecule has 2 aromatic rings. The van der Waals surface area contributed by atoms with Crippen LogP contribution < -0.4 is 15.8 Å². The van der Waals surface area contributed by atoms with Crippen LogP contribution in [0.2, 0.25) is 0 Å². The number of amides is 2. The smallest absolute Gasteiger partial charge is 0.260 e. The van der Waals surface area contributed by atoms with Gasteiger partial charge in [0.1, 0.15) is 5.75 Å². The number of hydrogen-bond acceptors (Lipinski definition) is 5. The van der Waals surface area contributed by atoms with E-state index in [1.54, 1.807) is 53.4 Å². The largest absolute Gasteiger partial charge is 0.482 e. The summed E-state index contributed by atoms with van der Waals surface area (Å²) < 4.78 is 10.9. The second kappa shape index (κ2) is 9.80. The van der Waals surface area contributed by atoms with Gasteiger partial charge in [0.25, 0.3) is 11.8 Å². The Labute approximate surface area is 163 Å². The van der Waals surface area contributed by atoms with E-state index in [0.29, 0.717) is 49.0 Å². The fourth-order valence-corrected chi connectivity index (χ4v) is 2.61. The molecule has 2 aromatic carbocycles. The van der Waals surface area contributed by atoms with Crippen LogP contribution in [0.3, 0.4) is 0 Å². The Kier molecular flexibility index (Phi) is 7.45. The molecule has 144 valence electrons. The monoisotopic (exact) mass is 391 g/mol. The maximum absolute atomic E-state index is 12.4. The minimum absolute atomic E-state index is 0. The first-order valence-corrected chi connectivity index (χ1v) is 8.38. The molecule has 0 aromatic heterocycles. The first-order valence-electron chi connectivity index (χ1n) is 8.38. The van der Waals surface area contributed by atoms with Gasteiger partial charge in [-0.1, -0.05) is 18.2 Å². The fourth-order valence-electron chi connectivity index (χ4n) is 2.61. The van der Waals surface area contributed by atoms with Gasteiger partial charge in [-0.25, -0.2) is 0 Å². The molecule has 1 saturated heterocycles. The zero-order valence-corrected chi connectivity index (χ0v) is 15.5. The van der Waals surface area contributed by atoms with Crippen LogP contribution in [0, 0.1) is 0 Å². The van der Waals surface area contributed by atoms with Gasteiger partial charge in [-0.15, -0.1) is 12.4 Å². The van der Waals surface area contributed by atoms with Gasteiger partial charge >= 0.3 is 0 Å². The minimum Gasteiger partial charge on any atom is -0.482 e. The molecule has 27 heavy (non-hydrogen) atoms. The van der Waals surface area contributed by atoms with Gasteiger partial charge in [0.2, 0.25) is 0 Å². The molecule has 1 aliphatic heterocycles. The number of nitrogens with zero attached hydrogens (tertiary/aromatic N) is 1. The van der Waals surface area contributed by atoms with Crippen LogP contribution in [-0.2, 0) is 9.53 Å². The van der Waals surface area contributed by atoms with E-state index in [1.807, 2.05) is 0 Å². The van der Waals surface area contributed by atoms with Crippen molar-refractivity contribution in [3.8, 4) is 5.75 Å². The lowest BCUT2D eigenvalue weighted by molar-refractivity contribution is -0.137. The van der Waals surface area contributed by atoms with E-state index in [1.165, 1.54) is 0 Å². The highest BCUT2D eigenvalue weighted by Gasteiger charge is 2.18. The Bertz CT molecular complexity index is 794. The van der Waals surface area contributed by atoms with Crippen molar-refractivity contribution in [2.45, 2.75) is 0 Å². The topological polar surface area (TPSA) is 93.9 Å². The van der Waals surface area contributed by atoms with Gasteiger partial charge in [0, 0.05) is 24.3 Å². The zero-order valence-electron chi connectivity index (χ0n) is 14.7. The molecule has 0 bridgehead atoms. The van der Waals surface area contributed by atoms with Crippen LogP contribution in [-0.4, -0.2) is 49.6 Å². The molecule has 3 N–H and O–H groups in total. The summed E-state index contributed by atoms with van der Waals surface area (Å²) >= 11 is 0. The standard InChI is InChI=1S/C19H21N3O4.ClH/c20-15-5-3-4-14(12-15)19(24)21-16-6-1-2-7-17(16)26-13-18(23)22-8-10-25-11-9-22;/h1-7,12H,8-11,13,20H2,(H,21,24);1H. The number of hydrogen-bond donors (Lipinski definition) is 2. The van der Waals surface area contributed by atoms with E-state index in [4.69, 9.17) is 15.2 Å². The average Bonchev–Trinajstić information content (AvgIpc) is 2.67. The number of nitrogen functional groups attached to an aromatic ring is 1. The van der Waals surface area contributed by atoms with Crippen LogP contribution in [0.15, 0.2) is 48.5 Å². The minimum atomic E-state index is -0.298. The number of nitrogens with one attached hydrogen (secondary N) is 1. The highest BCUT2D eigenvalue weighted by Crippen LogP contribution is 2.24.